The van der Waals surface area contributed by atoms with Crippen molar-refractivity contribution in [2.75, 3.05) is 0 Å². The molecule has 24 heavy (non-hydrogen) atoms. The topological polar surface area (TPSA) is 87.7 Å². The molecule has 2 aromatic carbocycles. The van der Waals surface area contributed by atoms with Crippen LogP contribution in [0.1, 0.15) is 11.1 Å². The van der Waals surface area contributed by atoms with Crippen LogP contribution in [0.5, 0.6) is 0 Å². The maximum absolute atomic E-state index is 13.2. The molecular formula is C17H14ClFN4O. The molecule has 0 radical (unpaired) electrons. The van der Waals surface area contributed by atoms with E-state index in [1.54, 1.807) is 30.3 Å². The van der Waals surface area contributed by atoms with E-state index in [9.17, 15) is 9.18 Å². The predicted octanol–water partition coefficient (Wildman–Crippen LogP) is 2.97. The Hall–Kier alpha value is -2.86. The van der Waals surface area contributed by atoms with Crippen LogP contribution in [0.4, 0.5) is 4.39 Å². The molecule has 0 spiro atoms. The normalized spacial score (nSPS) is 10.8. The van der Waals surface area contributed by atoms with Gasteiger partial charge in [-0.2, -0.15) is 4.68 Å². The lowest BCUT2D eigenvalue weighted by Crippen LogP contribution is -2.31. The standard InChI is InChI=1S/C17H14ClFN4O/c18-12-3-1-2-10(8-12)9-14-15(11-4-6-13(19)7-5-11)22-23(16(14)24)17(20)21/h1-8,22H,9H2,(H3,20,21). The van der Waals surface area contributed by atoms with Gasteiger partial charge in [-0.15, -0.1) is 0 Å². The number of hydrogen-bond acceptors (Lipinski definition) is 2. The molecular weight excluding hydrogens is 331 g/mol. The number of H-pyrrole nitrogens is 1. The Balaban J connectivity index is 2.14. The second-order valence-corrected chi connectivity index (χ2v) is 5.74. The van der Waals surface area contributed by atoms with Gasteiger partial charge in [0.25, 0.3) is 5.56 Å². The van der Waals surface area contributed by atoms with Gasteiger partial charge in [-0.1, -0.05) is 23.7 Å². The Morgan fingerprint density at radius 2 is 1.96 bits per heavy atom. The zero-order valence-corrected chi connectivity index (χ0v) is 13.3. The van der Waals surface area contributed by atoms with E-state index >= 15 is 0 Å². The molecule has 0 saturated carbocycles. The van der Waals surface area contributed by atoms with Crippen LogP contribution in [-0.2, 0) is 6.42 Å². The van der Waals surface area contributed by atoms with E-state index in [0.29, 0.717) is 28.3 Å². The highest BCUT2D eigenvalue weighted by Gasteiger charge is 2.17. The summed E-state index contributed by atoms with van der Waals surface area (Å²) in [5.74, 6) is -0.788. The molecule has 0 amide bonds. The second-order valence-electron chi connectivity index (χ2n) is 5.30. The molecule has 0 saturated heterocycles. The summed E-state index contributed by atoms with van der Waals surface area (Å²) < 4.78 is 14.1. The van der Waals surface area contributed by atoms with Crippen LogP contribution in [-0.4, -0.2) is 15.7 Å². The van der Waals surface area contributed by atoms with Gasteiger partial charge in [0.1, 0.15) is 5.82 Å². The molecule has 0 aliphatic heterocycles. The van der Waals surface area contributed by atoms with Crippen LogP contribution in [0.15, 0.2) is 53.3 Å². The third-order valence-electron chi connectivity index (χ3n) is 3.63. The lowest BCUT2D eigenvalue weighted by Gasteiger charge is -2.04. The third kappa shape index (κ3) is 3.09. The van der Waals surface area contributed by atoms with Crippen LogP contribution in [0.25, 0.3) is 11.3 Å². The van der Waals surface area contributed by atoms with Crippen LogP contribution in [0.2, 0.25) is 5.02 Å². The minimum Gasteiger partial charge on any atom is -0.368 e. The molecule has 1 aromatic heterocycles. The summed E-state index contributed by atoms with van der Waals surface area (Å²) in [4.78, 5) is 12.6. The van der Waals surface area contributed by atoms with Crippen molar-refractivity contribution in [3.63, 3.8) is 0 Å². The summed E-state index contributed by atoms with van der Waals surface area (Å²) in [6, 6.07) is 12.9. The third-order valence-corrected chi connectivity index (χ3v) is 3.87. The highest BCUT2D eigenvalue weighted by Crippen LogP contribution is 2.23. The molecule has 0 aliphatic carbocycles. The number of halogens is 2. The van der Waals surface area contributed by atoms with E-state index in [1.165, 1.54) is 12.1 Å². The summed E-state index contributed by atoms with van der Waals surface area (Å²) in [5, 5.41) is 10.9. The first-order chi connectivity index (χ1) is 11.5. The number of benzene rings is 2. The highest BCUT2D eigenvalue weighted by atomic mass is 35.5. The van der Waals surface area contributed by atoms with Gasteiger partial charge in [0.2, 0.25) is 5.96 Å². The first kappa shape index (κ1) is 16.0. The average molecular weight is 345 g/mol. The van der Waals surface area contributed by atoms with E-state index in [4.69, 9.17) is 22.7 Å². The number of hydrogen-bond donors (Lipinski definition) is 3. The van der Waals surface area contributed by atoms with Gasteiger partial charge >= 0.3 is 0 Å². The van der Waals surface area contributed by atoms with Gasteiger partial charge < -0.3 is 5.73 Å². The Bertz CT molecular complexity index is 959. The molecule has 3 aromatic rings. The number of nitrogens with zero attached hydrogens (tertiary/aromatic N) is 1. The van der Waals surface area contributed by atoms with Gasteiger partial charge in [0.05, 0.1) is 5.69 Å². The quantitative estimate of drug-likeness (QED) is 0.504. The van der Waals surface area contributed by atoms with Crippen molar-refractivity contribution in [3.8, 4) is 11.3 Å². The van der Waals surface area contributed by atoms with Gasteiger partial charge in [-0.3, -0.25) is 15.3 Å². The maximum Gasteiger partial charge on any atom is 0.277 e. The summed E-state index contributed by atoms with van der Waals surface area (Å²) >= 11 is 5.99. The van der Waals surface area contributed by atoms with Crippen LogP contribution in [0.3, 0.4) is 0 Å². The second kappa shape index (κ2) is 6.33. The number of aromatic amines is 1. The fraction of sp³-hybridized carbons (Fsp3) is 0.0588. The smallest absolute Gasteiger partial charge is 0.277 e. The zero-order chi connectivity index (χ0) is 17.3. The van der Waals surface area contributed by atoms with E-state index < -0.39 is 11.5 Å². The molecule has 0 unspecified atom stereocenters. The number of aromatic nitrogens is 2. The van der Waals surface area contributed by atoms with Gasteiger partial charge in [0.15, 0.2) is 0 Å². The van der Waals surface area contributed by atoms with E-state index in [-0.39, 0.29) is 5.82 Å². The average Bonchev–Trinajstić information content (AvgIpc) is 2.86. The van der Waals surface area contributed by atoms with Crippen molar-refractivity contribution in [2.24, 2.45) is 5.73 Å². The van der Waals surface area contributed by atoms with Gasteiger partial charge in [-0.25, -0.2) is 4.39 Å². The fourth-order valence-electron chi connectivity index (χ4n) is 2.51. The molecule has 0 bridgehead atoms. The molecule has 1 heterocycles. The molecule has 0 aliphatic rings. The first-order valence-electron chi connectivity index (χ1n) is 7.14. The number of nitrogen functional groups attached to an aromatic ring is 1. The van der Waals surface area contributed by atoms with Crippen LogP contribution in [0, 0.1) is 11.2 Å². The molecule has 0 fully saturated rings. The Morgan fingerprint density at radius 1 is 1.25 bits per heavy atom. The largest absolute Gasteiger partial charge is 0.368 e. The van der Waals surface area contributed by atoms with Gasteiger partial charge in [-0.05, 0) is 42.0 Å². The van der Waals surface area contributed by atoms with Crippen LogP contribution >= 0.6 is 11.6 Å². The lowest BCUT2D eigenvalue weighted by molar-refractivity contribution is 0.628. The van der Waals surface area contributed by atoms with Crippen LogP contribution < -0.4 is 11.3 Å². The number of nitrogens with one attached hydrogen (secondary N) is 2. The molecule has 0 atom stereocenters. The minimum atomic E-state index is -0.416. The minimum absolute atomic E-state index is 0.308. The number of nitrogens with two attached hydrogens (primary N) is 1. The van der Waals surface area contributed by atoms with Crippen molar-refractivity contribution in [2.45, 2.75) is 6.42 Å². The first-order valence-corrected chi connectivity index (χ1v) is 7.52. The Labute approximate surface area is 142 Å². The summed E-state index contributed by atoms with van der Waals surface area (Å²) in [6.45, 7) is 0. The van der Waals surface area contributed by atoms with Crippen molar-refractivity contribution in [3.05, 3.63) is 80.9 Å². The summed E-state index contributed by atoms with van der Waals surface area (Å²) in [6.07, 6.45) is 0.308. The summed E-state index contributed by atoms with van der Waals surface area (Å²) in [7, 11) is 0. The van der Waals surface area contributed by atoms with Gasteiger partial charge in [0, 0.05) is 22.6 Å². The number of rotatable bonds is 3. The van der Waals surface area contributed by atoms with E-state index in [2.05, 4.69) is 5.10 Å². The molecule has 5 nitrogen and oxygen atoms in total. The SMILES string of the molecule is N=C(N)n1[nH]c(-c2ccc(F)cc2)c(Cc2cccc(Cl)c2)c1=O. The molecule has 4 N–H and O–H groups in total. The zero-order valence-electron chi connectivity index (χ0n) is 12.5. The van der Waals surface area contributed by atoms with Crippen molar-refractivity contribution in [1.82, 2.24) is 9.78 Å². The van der Waals surface area contributed by atoms with E-state index in [1.807, 2.05) is 6.07 Å². The molecule has 7 heteroatoms. The van der Waals surface area contributed by atoms with Crippen molar-refractivity contribution < 1.29 is 4.39 Å². The Morgan fingerprint density at radius 3 is 2.58 bits per heavy atom. The maximum atomic E-state index is 13.2. The molecule has 122 valence electrons. The fourth-order valence-corrected chi connectivity index (χ4v) is 2.72. The summed E-state index contributed by atoms with van der Waals surface area (Å²) in [5.41, 5.74) is 7.44. The monoisotopic (exact) mass is 344 g/mol. The highest BCUT2D eigenvalue weighted by molar-refractivity contribution is 6.30. The molecule has 3 rings (SSSR count). The van der Waals surface area contributed by atoms with Crippen molar-refractivity contribution in [1.29, 1.82) is 5.41 Å². The lowest BCUT2D eigenvalue weighted by atomic mass is 10.0. The van der Waals surface area contributed by atoms with E-state index in [0.717, 1.165) is 10.2 Å². The Kier molecular flexibility index (Phi) is 4.22. The predicted molar refractivity (Wildman–Crippen MR) is 92.0 cm³/mol. The van der Waals surface area contributed by atoms with Crippen molar-refractivity contribution >= 4 is 17.6 Å².